The van der Waals surface area contributed by atoms with Crippen LogP contribution in [0.5, 0.6) is 5.75 Å². The normalized spacial score (nSPS) is 15.8. The summed E-state index contributed by atoms with van der Waals surface area (Å²) in [7, 11) is -2.32. The summed E-state index contributed by atoms with van der Waals surface area (Å²) >= 11 is 0. The molecule has 25 heavy (non-hydrogen) atoms. The molecule has 0 atom stereocenters. The van der Waals surface area contributed by atoms with Crippen molar-refractivity contribution < 1.29 is 27.9 Å². The van der Waals surface area contributed by atoms with Crippen LogP contribution in [0.1, 0.15) is 18.4 Å². The summed E-state index contributed by atoms with van der Waals surface area (Å²) in [6.45, 7) is 2.54. The van der Waals surface area contributed by atoms with Crippen LogP contribution in [-0.2, 0) is 19.6 Å². The molecule has 1 aliphatic heterocycles. The second-order valence-corrected chi connectivity index (χ2v) is 7.72. The minimum absolute atomic E-state index is 0.103. The van der Waals surface area contributed by atoms with Gasteiger partial charge in [-0.15, -0.1) is 0 Å². The van der Waals surface area contributed by atoms with Crippen molar-refractivity contribution in [3.05, 3.63) is 23.8 Å². The first-order valence-corrected chi connectivity index (χ1v) is 9.32. The van der Waals surface area contributed by atoms with Crippen LogP contribution in [0.25, 0.3) is 0 Å². The van der Waals surface area contributed by atoms with Gasteiger partial charge in [-0.1, -0.05) is 6.07 Å². The molecule has 1 aromatic rings. The molecule has 138 valence electrons. The Morgan fingerprint density at radius 2 is 1.80 bits per heavy atom. The minimum Gasteiger partial charge on any atom is -0.550 e. The number of carbonyl (C=O) groups is 2. The number of aryl methyl sites for hydroxylation is 1. The van der Waals surface area contributed by atoms with Gasteiger partial charge >= 0.3 is 0 Å². The lowest BCUT2D eigenvalue weighted by atomic mass is 10.2. The summed E-state index contributed by atoms with van der Waals surface area (Å²) < 4.78 is 32.2. The predicted octanol–water partition coefficient (Wildman–Crippen LogP) is -0.633. The smallest absolute Gasteiger partial charge is 0.246 e. The van der Waals surface area contributed by atoms with Gasteiger partial charge in [-0.2, -0.15) is 4.31 Å². The molecule has 1 saturated heterocycles. The Balaban J connectivity index is 2.08. The number of carboxylic acids is 1. The molecule has 0 N–H and O–H groups in total. The van der Waals surface area contributed by atoms with Crippen LogP contribution in [0.15, 0.2) is 23.1 Å². The Morgan fingerprint density at radius 1 is 1.16 bits per heavy atom. The number of ether oxygens (including phenoxy) is 1. The number of rotatable bonds is 6. The van der Waals surface area contributed by atoms with Gasteiger partial charge < -0.3 is 19.5 Å². The lowest BCUT2D eigenvalue weighted by Gasteiger charge is -2.34. The highest BCUT2D eigenvalue weighted by atomic mass is 32.2. The number of carbonyl (C=O) groups excluding carboxylic acids is 2. The molecular weight excluding hydrogens is 348 g/mol. The van der Waals surface area contributed by atoms with E-state index in [1.165, 1.54) is 16.3 Å². The number of hydrogen-bond donors (Lipinski definition) is 0. The summed E-state index contributed by atoms with van der Waals surface area (Å²) in [5.74, 6) is -1.31. The minimum atomic E-state index is -3.74. The number of sulfonamides is 1. The summed E-state index contributed by atoms with van der Waals surface area (Å²) in [5, 5.41) is 10.4. The number of amides is 1. The monoisotopic (exact) mass is 369 g/mol. The third-order valence-electron chi connectivity index (χ3n) is 4.07. The summed E-state index contributed by atoms with van der Waals surface area (Å²) in [4.78, 5) is 23.9. The van der Waals surface area contributed by atoms with Crippen molar-refractivity contribution in [1.29, 1.82) is 0 Å². The van der Waals surface area contributed by atoms with Crippen molar-refractivity contribution in [2.45, 2.75) is 24.7 Å². The molecule has 1 heterocycles. The van der Waals surface area contributed by atoms with Gasteiger partial charge in [0.2, 0.25) is 15.9 Å². The maximum absolute atomic E-state index is 12.9. The average Bonchev–Trinajstić information content (AvgIpc) is 2.59. The Bertz CT molecular complexity index is 754. The molecule has 0 radical (unpaired) electrons. The first kappa shape index (κ1) is 19.2. The van der Waals surface area contributed by atoms with E-state index in [1.54, 1.807) is 25.1 Å². The van der Waals surface area contributed by atoms with Crippen molar-refractivity contribution >= 4 is 21.9 Å². The highest BCUT2D eigenvalue weighted by molar-refractivity contribution is 7.89. The van der Waals surface area contributed by atoms with Crippen LogP contribution >= 0.6 is 0 Å². The molecule has 0 saturated carbocycles. The van der Waals surface area contributed by atoms with E-state index >= 15 is 0 Å². The van der Waals surface area contributed by atoms with E-state index in [0.717, 1.165) is 5.56 Å². The topological polar surface area (TPSA) is 107 Å². The Hall–Kier alpha value is -2.13. The lowest BCUT2D eigenvalue weighted by Crippen LogP contribution is -2.50. The summed E-state index contributed by atoms with van der Waals surface area (Å²) in [5.41, 5.74) is 0.801. The van der Waals surface area contributed by atoms with Crippen molar-refractivity contribution in [1.82, 2.24) is 9.21 Å². The number of piperazine rings is 1. The molecule has 1 amide bonds. The molecule has 1 aliphatic rings. The van der Waals surface area contributed by atoms with Crippen molar-refractivity contribution in [2.75, 3.05) is 33.3 Å². The number of methoxy groups -OCH3 is 1. The summed E-state index contributed by atoms with van der Waals surface area (Å²) in [6, 6.07) is 4.94. The Kier molecular flexibility index (Phi) is 6.02. The zero-order chi connectivity index (χ0) is 18.6. The highest BCUT2D eigenvalue weighted by Crippen LogP contribution is 2.28. The second-order valence-electron chi connectivity index (χ2n) is 5.81. The molecule has 0 aromatic heterocycles. The van der Waals surface area contributed by atoms with Gasteiger partial charge in [0, 0.05) is 38.6 Å². The van der Waals surface area contributed by atoms with E-state index in [0.29, 0.717) is 0 Å². The Labute approximate surface area is 147 Å². The Morgan fingerprint density at radius 3 is 2.36 bits per heavy atom. The van der Waals surface area contributed by atoms with Crippen molar-refractivity contribution in [3.63, 3.8) is 0 Å². The average molecular weight is 369 g/mol. The molecule has 0 bridgehead atoms. The quantitative estimate of drug-likeness (QED) is 0.661. The van der Waals surface area contributed by atoms with Crippen LogP contribution < -0.4 is 9.84 Å². The highest BCUT2D eigenvalue weighted by Gasteiger charge is 2.32. The maximum atomic E-state index is 12.9. The van der Waals surface area contributed by atoms with E-state index in [9.17, 15) is 23.1 Å². The molecule has 0 spiro atoms. The first-order valence-electron chi connectivity index (χ1n) is 7.88. The SMILES string of the molecule is COc1ccc(C)cc1S(=O)(=O)N1CCN(C(=O)CCC(=O)[O-])CC1. The van der Waals surface area contributed by atoms with Gasteiger partial charge in [0.15, 0.2) is 0 Å². The second kappa shape index (κ2) is 7.83. The van der Waals surface area contributed by atoms with Crippen LogP contribution in [0.2, 0.25) is 0 Å². The largest absolute Gasteiger partial charge is 0.550 e. The fraction of sp³-hybridized carbons (Fsp3) is 0.500. The molecule has 2 rings (SSSR count). The molecule has 0 aliphatic carbocycles. The fourth-order valence-corrected chi connectivity index (χ4v) is 4.33. The number of benzene rings is 1. The van der Waals surface area contributed by atoms with E-state index in [2.05, 4.69) is 0 Å². The molecule has 1 fully saturated rings. The first-order chi connectivity index (χ1) is 11.8. The van der Waals surface area contributed by atoms with Crippen molar-refractivity contribution in [3.8, 4) is 5.75 Å². The fourth-order valence-electron chi connectivity index (χ4n) is 2.67. The third kappa shape index (κ3) is 4.49. The van der Waals surface area contributed by atoms with Gasteiger partial charge in [-0.3, -0.25) is 4.79 Å². The lowest BCUT2D eigenvalue weighted by molar-refractivity contribution is -0.305. The van der Waals surface area contributed by atoms with E-state index in [-0.39, 0.29) is 55.6 Å². The van der Waals surface area contributed by atoms with Crippen LogP contribution in [0.4, 0.5) is 0 Å². The van der Waals surface area contributed by atoms with Gasteiger partial charge in [0.05, 0.1) is 7.11 Å². The zero-order valence-electron chi connectivity index (χ0n) is 14.2. The number of carboxylic acid groups (broad SMARTS) is 1. The molecular formula is C16H21N2O6S-. The van der Waals surface area contributed by atoms with E-state index < -0.39 is 16.0 Å². The molecule has 8 nitrogen and oxygen atoms in total. The van der Waals surface area contributed by atoms with Gasteiger partial charge in [-0.05, 0) is 31.0 Å². The number of nitrogens with zero attached hydrogens (tertiary/aromatic N) is 2. The molecule has 9 heteroatoms. The maximum Gasteiger partial charge on any atom is 0.246 e. The van der Waals surface area contributed by atoms with Crippen LogP contribution in [0, 0.1) is 6.92 Å². The van der Waals surface area contributed by atoms with E-state index in [1.807, 2.05) is 0 Å². The van der Waals surface area contributed by atoms with Gasteiger partial charge in [0.1, 0.15) is 10.6 Å². The van der Waals surface area contributed by atoms with Crippen LogP contribution in [-0.4, -0.2) is 62.8 Å². The van der Waals surface area contributed by atoms with Crippen LogP contribution in [0.3, 0.4) is 0 Å². The number of hydrogen-bond acceptors (Lipinski definition) is 6. The molecule has 1 aromatic carbocycles. The summed E-state index contributed by atoms with van der Waals surface area (Å²) in [6.07, 6.45) is -0.474. The third-order valence-corrected chi connectivity index (χ3v) is 5.99. The van der Waals surface area contributed by atoms with Crippen molar-refractivity contribution in [2.24, 2.45) is 0 Å². The van der Waals surface area contributed by atoms with Gasteiger partial charge in [-0.25, -0.2) is 8.42 Å². The zero-order valence-corrected chi connectivity index (χ0v) is 15.0. The van der Waals surface area contributed by atoms with E-state index in [4.69, 9.17) is 4.74 Å². The standard InChI is InChI=1S/C16H22N2O6S/c1-12-3-4-13(24-2)14(11-12)25(22,23)18-9-7-17(8-10-18)15(19)5-6-16(20)21/h3-4,11H,5-10H2,1-2H3,(H,20,21)/p-1. The van der Waals surface area contributed by atoms with Gasteiger partial charge in [0.25, 0.3) is 0 Å². The predicted molar refractivity (Wildman–Crippen MR) is 87.3 cm³/mol. The molecule has 0 unspecified atom stereocenters. The number of aliphatic carboxylic acids is 1.